The molecule has 0 aliphatic rings. The molecule has 1 N–H and O–H groups in total. The SMILES string of the molecule is Cc1cccc(OCC(=O)NCc2c(C)nn(-c3ccccc3)c2C)c1. The second kappa shape index (κ2) is 7.87. The van der Waals surface area contributed by atoms with Gasteiger partial charge in [-0.15, -0.1) is 0 Å². The van der Waals surface area contributed by atoms with Crippen LogP contribution in [-0.2, 0) is 11.3 Å². The molecular formula is C21H23N3O2. The molecule has 3 rings (SSSR count). The number of aromatic nitrogens is 2. The lowest BCUT2D eigenvalue weighted by molar-refractivity contribution is -0.123. The lowest BCUT2D eigenvalue weighted by Crippen LogP contribution is -2.28. The monoisotopic (exact) mass is 349 g/mol. The van der Waals surface area contributed by atoms with Crippen LogP contribution in [0.1, 0.15) is 22.5 Å². The maximum atomic E-state index is 12.1. The van der Waals surface area contributed by atoms with Crippen LogP contribution in [0.3, 0.4) is 0 Å². The number of nitrogens with zero attached hydrogens (tertiary/aromatic N) is 2. The molecule has 0 aliphatic carbocycles. The standard InChI is InChI=1S/C21H23N3O2/c1-15-8-7-11-19(12-15)26-14-21(25)22-13-20-16(2)23-24(17(20)3)18-9-5-4-6-10-18/h4-12H,13-14H2,1-3H3,(H,22,25). The molecule has 26 heavy (non-hydrogen) atoms. The molecule has 5 heteroatoms. The molecular weight excluding hydrogens is 326 g/mol. The maximum Gasteiger partial charge on any atom is 0.258 e. The molecule has 0 fully saturated rings. The second-order valence-electron chi connectivity index (χ2n) is 6.28. The van der Waals surface area contributed by atoms with E-state index in [0.29, 0.717) is 12.3 Å². The number of amides is 1. The van der Waals surface area contributed by atoms with Gasteiger partial charge in [-0.3, -0.25) is 4.79 Å². The van der Waals surface area contributed by atoms with Gasteiger partial charge in [-0.1, -0.05) is 30.3 Å². The van der Waals surface area contributed by atoms with Gasteiger partial charge in [0, 0.05) is 17.8 Å². The summed E-state index contributed by atoms with van der Waals surface area (Å²) >= 11 is 0. The topological polar surface area (TPSA) is 56.1 Å². The van der Waals surface area contributed by atoms with Crippen LogP contribution < -0.4 is 10.1 Å². The lowest BCUT2D eigenvalue weighted by Gasteiger charge is -2.09. The largest absolute Gasteiger partial charge is 0.484 e. The number of nitrogens with one attached hydrogen (secondary N) is 1. The van der Waals surface area contributed by atoms with Gasteiger partial charge < -0.3 is 10.1 Å². The van der Waals surface area contributed by atoms with Gasteiger partial charge in [-0.2, -0.15) is 5.10 Å². The van der Waals surface area contributed by atoms with Crippen molar-refractivity contribution in [2.24, 2.45) is 0 Å². The molecule has 0 unspecified atom stereocenters. The molecule has 0 saturated heterocycles. The van der Waals surface area contributed by atoms with Crippen molar-refractivity contribution in [1.82, 2.24) is 15.1 Å². The number of ether oxygens (including phenoxy) is 1. The van der Waals surface area contributed by atoms with E-state index in [1.807, 2.05) is 80.1 Å². The van der Waals surface area contributed by atoms with Crippen LogP contribution in [0, 0.1) is 20.8 Å². The Labute approximate surface area is 153 Å². The zero-order valence-electron chi connectivity index (χ0n) is 15.3. The first-order valence-electron chi connectivity index (χ1n) is 8.61. The van der Waals surface area contributed by atoms with Crippen molar-refractivity contribution < 1.29 is 9.53 Å². The maximum absolute atomic E-state index is 12.1. The van der Waals surface area contributed by atoms with Crippen LogP contribution in [0.4, 0.5) is 0 Å². The van der Waals surface area contributed by atoms with Crippen molar-refractivity contribution in [2.75, 3.05) is 6.61 Å². The third-order valence-corrected chi connectivity index (χ3v) is 4.26. The Morgan fingerprint density at radius 2 is 1.85 bits per heavy atom. The minimum absolute atomic E-state index is 0.00558. The molecule has 0 spiro atoms. The van der Waals surface area contributed by atoms with Crippen LogP contribution in [0.15, 0.2) is 54.6 Å². The number of carbonyl (C=O) groups is 1. The van der Waals surface area contributed by atoms with E-state index in [9.17, 15) is 4.79 Å². The highest BCUT2D eigenvalue weighted by molar-refractivity contribution is 5.77. The fourth-order valence-electron chi connectivity index (χ4n) is 2.84. The Morgan fingerprint density at radius 3 is 2.58 bits per heavy atom. The summed E-state index contributed by atoms with van der Waals surface area (Å²) in [6.45, 7) is 6.38. The van der Waals surface area contributed by atoms with E-state index >= 15 is 0 Å². The minimum Gasteiger partial charge on any atom is -0.484 e. The van der Waals surface area contributed by atoms with Gasteiger partial charge in [0.25, 0.3) is 5.91 Å². The van der Waals surface area contributed by atoms with Crippen LogP contribution >= 0.6 is 0 Å². The van der Waals surface area contributed by atoms with Crippen molar-refractivity contribution in [3.8, 4) is 11.4 Å². The Balaban J connectivity index is 1.61. The molecule has 3 aromatic rings. The molecule has 2 aromatic carbocycles. The van der Waals surface area contributed by atoms with Gasteiger partial charge in [-0.05, 0) is 50.6 Å². The van der Waals surface area contributed by atoms with Crippen molar-refractivity contribution in [1.29, 1.82) is 0 Å². The number of hydrogen-bond donors (Lipinski definition) is 1. The molecule has 5 nitrogen and oxygen atoms in total. The molecule has 1 amide bonds. The fraction of sp³-hybridized carbons (Fsp3) is 0.238. The predicted octanol–water partition coefficient (Wildman–Crippen LogP) is 3.49. The summed E-state index contributed by atoms with van der Waals surface area (Å²) in [6.07, 6.45) is 0. The molecule has 134 valence electrons. The Hall–Kier alpha value is -3.08. The minimum atomic E-state index is -0.155. The second-order valence-corrected chi connectivity index (χ2v) is 6.28. The predicted molar refractivity (Wildman–Crippen MR) is 102 cm³/mol. The van der Waals surface area contributed by atoms with E-state index < -0.39 is 0 Å². The number of benzene rings is 2. The number of rotatable bonds is 6. The highest BCUT2D eigenvalue weighted by atomic mass is 16.5. The summed E-state index contributed by atoms with van der Waals surface area (Å²) in [5.41, 5.74) is 5.06. The molecule has 0 radical (unpaired) electrons. The molecule has 0 saturated carbocycles. The molecule has 1 heterocycles. The Morgan fingerprint density at radius 1 is 1.08 bits per heavy atom. The van der Waals surface area contributed by atoms with Crippen LogP contribution in [0.25, 0.3) is 5.69 Å². The van der Waals surface area contributed by atoms with E-state index in [1.54, 1.807) is 0 Å². The summed E-state index contributed by atoms with van der Waals surface area (Å²) in [7, 11) is 0. The summed E-state index contributed by atoms with van der Waals surface area (Å²) in [5, 5.41) is 7.51. The average Bonchev–Trinajstić information content (AvgIpc) is 2.93. The van der Waals surface area contributed by atoms with Gasteiger partial charge in [-0.25, -0.2) is 4.68 Å². The van der Waals surface area contributed by atoms with Gasteiger partial charge >= 0.3 is 0 Å². The van der Waals surface area contributed by atoms with Crippen molar-refractivity contribution in [2.45, 2.75) is 27.3 Å². The summed E-state index contributed by atoms with van der Waals surface area (Å²) < 4.78 is 7.44. The molecule has 0 bridgehead atoms. The first kappa shape index (κ1) is 17.7. The number of para-hydroxylation sites is 1. The van der Waals surface area contributed by atoms with Crippen molar-refractivity contribution in [3.05, 3.63) is 77.1 Å². The summed E-state index contributed by atoms with van der Waals surface area (Å²) in [4.78, 5) is 12.1. The zero-order chi connectivity index (χ0) is 18.5. The van der Waals surface area contributed by atoms with Crippen LogP contribution in [0.5, 0.6) is 5.75 Å². The molecule has 0 atom stereocenters. The third-order valence-electron chi connectivity index (χ3n) is 4.26. The van der Waals surface area contributed by atoms with Gasteiger partial charge in [0.2, 0.25) is 0 Å². The van der Waals surface area contributed by atoms with E-state index in [2.05, 4.69) is 10.4 Å². The summed E-state index contributed by atoms with van der Waals surface area (Å²) in [6, 6.07) is 17.6. The van der Waals surface area contributed by atoms with Gasteiger partial charge in [0.15, 0.2) is 6.61 Å². The van der Waals surface area contributed by atoms with Crippen LogP contribution in [-0.4, -0.2) is 22.3 Å². The normalized spacial score (nSPS) is 10.6. The van der Waals surface area contributed by atoms with E-state index in [0.717, 1.165) is 28.2 Å². The van der Waals surface area contributed by atoms with Crippen LogP contribution in [0.2, 0.25) is 0 Å². The Kier molecular flexibility index (Phi) is 5.37. The molecule has 0 aliphatic heterocycles. The number of aryl methyl sites for hydroxylation is 2. The number of hydrogen-bond acceptors (Lipinski definition) is 3. The number of carbonyl (C=O) groups excluding carboxylic acids is 1. The zero-order valence-corrected chi connectivity index (χ0v) is 15.3. The Bertz CT molecular complexity index is 901. The third kappa shape index (κ3) is 4.11. The van der Waals surface area contributed by atoms with Crippen molar-refractivity contribution >= 4 is 5.91 Å². The van der Waals surface area contributed by atoms with E-state index in [-0.39, 0.29) is 12.5 Å². The van der Waals surface area contributed by atoms with E-state index in [1.165, 1.54) is 0 Å². The highest BCUT2D eigenvalue weighted by Crippen LogP contribution is 2.17. The summed E-state index contributed by atoms with van der Waals surface area (Å²) in [5.74, 6) is 0.544. The van der Waals surface area contributed by atoms with Gasteiger partial charge in [0.1, 0.15) is 5.75 Å². The first-order valence-corrected chi connectivity index (χ1v) is 8.61. The lowest BCUT2D eigenvalue weighted by atomic mass is 10.2. The molecule has 1 aromatic heterocycles. The average molecular weight is 349 g/mol. The first-order chi connectivity index (χ1) is 12.5. The van der Waals surface area contributed by atoms with Crippen molar-refractivity contribution in [3.63, 3.8) is 0 Å². The van der Waals surface area contributed by atoms with E-state index in [4.69, 9.17) is 4.74 Å². The van der Waals surface area contributed by atoms with Gasteiger partial charge in [0.05, 0.1) is 11.4 Å². The smallest absolute Gasteiger partial charge is 0.258 e. The fourth-order valence-corrected chi connectivity index (χ4v) is 2.84. The highest BCUT2D eigenvalue weighted by Gasteiger charge is 2.13. The quantitative estimate of drug-likeness (QED) is 0.741.